The first kappa shape index (κ1) is 14.7. The SMILES string of the molecule is CC(CCl)C(=O)NCCOCCN(C)C. The number of amides is 1. The first-order valence-corrected chi connectivity index (χ1v) is 5.67. The average Bonchev–Trinajstić information content (AvgIpc) is 2.21. The fourth-order valence-electron chi connectivity index (χ4n) is 0.840. The lowest BCUT2D eigenvalue weighted by Gasteiger charge is -2.11. The number of halogens is 1. The number of carbonyl (C=O) groups excluding carboxylic acids is 1. The molecule has 0 spiro atoms. The molecule has 0 fully saturated rings. The highest BCUT2D eigenvalue weighted by Gasteiger charge is 2.09. The molecule has 0 aliphatic heterocycles. The number of hydrogen-bond acceptors (Lipinski definition) is 3. The molecule has 0 aromatic heterocycles. The summed E-state index contributed by atoms with van der Waals surface area (Å²) in [5, 5.41) is 2.76. The van der Waals surface area contributed by atoms with E-state index in [-0.39, 0.29) is 11.8 Å². The first-order chi connectivity index (χ1) is 7.07. The van der Waals surface area contributed by atoms with Crippen molar-refractivity contribution in [3.05, 3.63) is 0 Å². The zero-order valence-corrected chi connectivity index (χ0v) is 10.5. The van der Waals surface area contributed by atoms with Crippen LogP contribution in [0.1, 0.15) is 6.92 Å². The van der Waals surface area contributed by atoms with Gasteiger partial charge in [-0.3, -0.25) is 4.79 Å². The van der Waals surface area contributed by atoms with E-state index in [1.54, 1.807) is 6.92 Å². The lowest BCUT2D eigenvalue weighted by molar-refractivity contribution is -0.124. The number of nitrogens with one attached hydrogen (secondary N) is 1. The van der Waals surface area contributed by atoms with E-state index in [9.17, 15) is 4.79 Å². The van der Waals surface area contributed by atoms with E-state index in [2.05, 4.69) is 5.32 Å². The normalized spacial score (nSPS) is 12.9. The van der Waals surface area contributed by atoms with Crippen LogP contribution in [0, 0.1) is 5.92 Å². The number of ether oxygens (including phenoxy) is 1. The maximum absolute atomic E-state index is 11.3. The van der Waals surface area contributed by atoms with E-state index in [1.807, 2.05) is 19.0 Å². The van der Waals surface area contributed by atoms with Gasteiger partial charge in [-0.25, -0.2) is 0 Å². The summed E-state index contributed by atoms with van der Waals surface area (Å²) in [6.45, 7) is 4.48. The van der Waals surface area contributed by atoms with Crippen molar-refractivity contribution in [2.45, 2.75) is 6.92 Å². The second-order valence-electron chi connectivity index (χ2n) is 3.76. The quantitative estimate of drug-likeness (QED) is 0.495. The molecule has 0 radical (unpaired) electrons. The van der Waals surface area contributed by atoms with Gasteiger partial charge in [-0.05, 0) is 14.1 Å². The maximum Gasteiger partial charge on any atom is 0.224 e. The molecular weight excluding hydrogens is 216 g/mol. The van der Waals surface area contributed by atoms with Crippen molar-refractivity contribution in [3.63, 3.8) is 0 Å². The molecule has 4 nitrogen and oxygen atoms in total. The Kier molecular flexibility index (Phi) is 8.76. The van der Waals surface area contributed by atoms with Gasteiger partial charge in [0.25, 0.3) is 0 Å². The van der Waals surface area contributed by atoms with Crippen LogP contribution in [0.25, 0.3) is 0 Å². The molecule has 0 heterocycles. The average molecular weight is 237 g/mol. The van der Waals surface area contributed by atoms with Gasteiger partial charge >= 0.3 is 0 Å². The Labute approximate surface area is 96.9 Å². The second kappa shape index (κ2) is 8.95. The lowest BCUT2D eigenvalue weighted by Crippen LogP contribution is -2.33. The van der Waals surface area contributed by atoms with Gasteiger partial charge in [0.15, 0.2) is 0 Å². The van der Waals surface area contributed by atoms with Gasteiger partial charge in [-0.15, -0.1) is 11.6 Å². The van der Waals surface area contributed by atoms with Crippen LogP contribution in [0.5, 0.6) is 0 Å². The third kappa shape index (κ3) is 8.66. The summed E-state index contributed by atoms with van der Waals surface area (Å²) in [6, 6.07) is 0. The minimum Gasteiger partial charge on any atom is -0.378 e. The molecule has 0 aromatic rings. The predicted molar refractivity (Wildman–Crippen MR) is 62.3 cm³/mol. The van der Waals surface area contributed by atoms with E-state index in [1.165, 1.54) is 0 Å². The van der Waals surface area contributed by atoms with Crippen LogP contribution >= 0.6 is 11.6 Å². The summed E-state index contributed by atoms with van der Waals surface area (Å²) in [4.78, 5) is 13.3. The van der Waals surface area contributed by atoms with Crippen LogP contribution in [0.2, 0.25) is 0 Å². The van der Waals surface area contributed by atoms with Crippen molar-refractivity contribution in [2.24, 2.45) is 5.92 Å². The fourth-order valence-corrected chi connectivity index (χ4v) is 0.980. The van der Waals surface area contributed by atoms with Crippen LogP contribution in [0.15, 0.2) is 0 Å². The molecule has 0 aliphatic rings. The molecule has 5 heteroatoms. The Morgan fingerprint density at radius 2 is 2.13 bits per heavy atom. The molecule has 0 bridgehead atoms. The second-order valence-corrected chi connectivity index (χ2v) is 4.07. The Morgan fingerprint density at radius 3 is 2.67 bits per heavy atom. The van der Waals surface area contributed by atoms with Crippen molar-refractivity contribution < 1.29 is 9.53 Å². The highest BCUT2D eigenvalue weighted by molar-refractivity contribution is 6.19. The van der Waals surface area contributed by atoms with E-state index in [0.29, 0.717) is 25.6 Å². The van der Waals surface area contributed by atoms with E-state index in [0.717, 1.165) is 6.54 Å². The summed E-state index contributed by atoms with van der Waals surface area (Å²) in [5.41, 5.74) is 0. The summed E-state index contributed by atoms with van der Waals surface area (Å²) >= 11 is 5.55. The van der Waals surface area contributed by atoms with Gasteiger partial charge in [0, 0.05) is 24.9 Å². The molecule has 1 N–H and O–H groups in total. The highest BCUT2D eigenvalue weighted by Crippen LogP contribution is 1.96. The van der Waals surface area contributed by atoms with Crippen LogP contribution < -0.4 is 5.32 Å². The van der Waals surface area contributed by atoms with Gasteiger partial charge in [0.1, 0.15) is 0 Å². The van der Waals surface area contributed by atoms with Crippen molar-refractivity contribution in [1.29, 1.82) is 0 Å². The van der Waals surface area contributed by atoms with E-state index >= 15 is 0 Å². The standard InChI is InChI=1S/C10H21ClN2O2/c1-9(8-11)10(14)12-4-6-15-7-5-13(2)3/h9H,4-8H2,1-3H3,(H,12,14). The minimum absolute atomic E-state index is 0.0128. The first-order valence-electron chi connectivity index (χ1n) is 5.14. The van der Waals surface area contributed by atoms with Crippen LogP contribution in [-0.2, 0) is 9.53 Å². The number of likely N-dealkylation sites (N-methyl/N-ethyl adjacent to an activating group) is 1. The van der Waals surface area contributed by atoms with Gasteiger partial charge in [0.05, 0.1) is 13.2 Å². The van der Waals surface area contributed by atoms with Gasteiger partial charge < -0.3 is 15.0 Å². The van der Waals surface area contributed by atoms with E-state index in [4.69, 9.17) is 16.3 Å². The molecular formula is C10H21ClN2O2. The molecule has 0 saturated heterocycles. The zero-order chi connectivity index (χ0) is 11.7. The van der Waals surface area contributed by atoms with Gasteiger partial charge in [-0.1, -0.05) is 6.92 Å². The summed E-state index contributed by atoms with van der Waals surface area (Å²) < 4.78 is 5.32. The maximum atomic E-state index is 11.3. The number of rotatable bonds is 8. The van der Waals surface area contributed by atoms with Gasteiger partial charge in [-0.2, -0.15) is 0 Å². The molecule has 0 aromatic carbocycles. The molecule has 1 unspecified atom stereocenters. The topological polar surface area (TPSA) is 41.6 Å². The van der Waals surface area contributed by atoms with Gasteiger partial charge in [0.2, 0.25) is 5.91 Å². The lowest BCUT2D eigenvalue weighted by atomic mass is 10.2. The number of nitrogens with zero attached hydrogens (tertiary/aromatic N) is 1. The largest absolute Gasteiger partial charge is 0.378 e. The molecule has 0 rings (SSSR count). The summed E-state index contributed by atoms with van der Waals surface area (Å²) in [7, 11) is 3.99. The van der Waals surface area contributed by atoms with Crippen molar-refractivity contribution in [2.75, 3.05) is 46.3 Å². The summed E-state index contributed by atoms with van der Waals surface area (Å²) in [5.74, 6) is 0.211. The fraction of sp³-hybridized carbons (Fsp3) is 0.900. The molecule has 1 amide bonds. The van der Waals surface area contributed by atoms with Crippen LogP contribution in [-0.4, -0.2) is 57.1 Å². The summed E-state index contributed by atoms with van der Waals surface area (Å²) in [6.07, 6.45) is 0. The smallest absolute Gasteiger partial charge is 0.224 e. The molecule has 0 saturated carbocycles. The molecule has 1 atom stereocenters. The molecule has 15 heavy (non-hydrogen) atoms. The Hall–Kier alpha value is -0.320. The highest BCUT2D eigenvalue weighted by atomic mass is 35.5. The number of carbonyl (C=O) groups is 1. The molecule has 90 valence electrons. The number of alkyl halides is 1. The Bertz CT molecular complexity index is 177. The Morgan fingerprint density at radius 1 is 1.47 bits per heavy atom. The van der Waals surface area contributed by atoms with Crippen molar-refractivity contribution in [3.8, 4) is 0 Å². The Balaban J connectivity index is 3.27. The molecule has 0 aliphatic carbocycles. The van der Waals surface area contributed by atoms with Crippen LogP contribution in [0.3, 0.4) is 0 Å². The van der Waals surface area contributed by atoms with Crippen LogP contribution in [0.4, 0.5) is 0 Å². The third-order valence-corrected chi connectivity index (χ3v) is 2.37. The van der Waals surface area contributed by atoms with Crippen molar-refractivity contribution in [1.82, 2.24) is 10.2 Å². The predicted octanol–water partition coefficient (Wildman–Crippen LogP) is 0.556. The number of hydrogen-bond donors (Lipinski definition) is 1. The van der Waals surface area contributed by atoms with E-state index < -0.39 is 0 Å². The zero-order valence-electron chi connectivity index (χ0n) is 9.75. The monoisotopic (exact) mass is 236 g/mol. The minimum atomic E-state index is -0.131. The third-order valence-electron chi connectivity index (χ3n) is 1.91. The van der Waals surface area contributed by atoms with Crippen molar-refractivity contribution >= 4 is 17.5 Å².